The van der Waals surface area contributed by atoms with E-state index in [9.17, 15) is 8.78 Å². The van der Waals surface area contributed by atoms with Gasteiger partial charge < -0.3 is 11.1 Å². The van der Waals surface area contributed by atoms with Gasteiger partial charge in [0.15, 0.2) is 0 Å². The first kappa shape index (κ1) is 11.5. The average molecular weight is 234 g/mol. The quantitative estimate of drug-likeness (QED) is 0.856. The van der Waals surface area contributed by atoms with E-state index in [2.05, 4.69) is 5.32 Å². The second-order valence-electron chi connectivity index (χ2n) is 3.64. The molecule has 0 unspecified atom stereocenters. The van der Waals surface area contributed by atoms with Gasteiger partial charge in [-0.15, -0.1) is 0 Å². The van der Waals surface area contributed by atoms with Crippen molar-refractivity contribution in [1.82, 2.24) is 0 Å². The van der Waals surface area contributed by atoms with Crippen molar-refractivity contribution in [3.05, 3.63) is 59.7 Å². The van der Waals surface area contributed by atoms with Crippen molar-refractivity contribution >= 4 is 11.4 Å². The summed E-state index contributed by atoms with van der Waals surface area (Å²) in [5, 5.41) is 3.00. The molecule has 88 valence electrons. The fraction of sp³-hybridized carbons (Fsp3) is 0.0769. The maximum Gasteiger partial charge on any atom is 0.125 e. The highest BCUT2D eigenvalue weighted by Crippen LogP contribution is 2.22. The Morgan fingerprint density at radius 2 is 1.76 bits per heavy atom. The number of benzene rings is 2. The first-order chi connectivity index (χ1) is 8.19. The van der Waals surface area contributed by atoms with Gasteiger partial charge in [0.25, 0.3) is 0 Å². The molecule has 3 N–H and O–H groups in total. The van der Waals surface area contributed by atoms with Crippen molar-refractivity contribution < 1.29 is 8.78 Å². The van der Waals surface area contributed by atoms with Crippen molar-refractivity contribution in [1.29, 1.82) is 0 Å². The Kier molecular flexibility index (Phi) is 3.35. The second kappa shape index (κ2) is 4.93. The molecule has 0 saturated carbocycles. The highest BCUT2D eigenvalue weighted by Gasteiger charge is 2.03. The minimum Gasteiger partial charge on any atom is -0.355 e. The van der Waals surface area contributed by atoms with Crippen molar-refractivity contribution in [3.8, 4) is 0 Å². The van der Waals surface area contributed by atoms with E-state index < -0.39 is 0 Å². The summed E-state index contributed by atoms with van der Waals surface area (Å²) in [6.07, 6.45) is 0. The molecule has 0 heterocycles. The van der Waals surface area contributed by atoms with Crippen LogP contribution in [-0.4, -0.2) is 0 Å². The number of rotatable bonds is 3. The Bertz CT molecular complexity index is 527. The van der Waals surface area contributed by atoms with Crippen LogP contribution in [-0.2, 0) is 6.54 Å². The normalized spacial score (nSPS) is 10.3. The van der Waals surface area contributed by atoms with Gasteiger partial charge in [0.1, 0.15) is 11.6 Å². The zero-order valence-corrected chi connectivity index (χ0v) is 9.08. The van der Waals surface area contributed by atoms with E-state index in [0.29, 0.717) is 16.9 Å². The highest BCUT2D eigenvalue weighted by atomic mass is 19.1. The minimum atomic E-state index is -0.338. The van der Waals surface area contributed by atoms with Crippen molar-refractivity contribution in [2.24, 2.45) is 5.73 Å². The zero-order valence-electron chi connectivity index (χ0n) is 9.08. The van der Waals surface area contributed by atoms with Gasteiger partial charge in [0, 0.05) is 17.9 Å². The van der Waals surface area contributed by atoms with Crippen molar-refractivity contribution in [2.75, 3.05) is 5.32 Å². The third kappa shape index (κ3) is 2.79. The van der Waals surface area contributed by atoms with Crippen molar-refractivity contribution in [2.45, 2.75) is 6.54 Å². The molecule has 17 heavy (non-hydrogen) atoms. The van der Waals surface area contributed by atoms with Gasteiger partial charge in [-0.25, -0.2) is 8.78 Å². The molecular formula is C13H12F2N2. The topological polar surface area (TPSA) is 38.0 Å². The molecule has 0 radical (unpaired) electrons. The number of halogens is 2. The molecule has 4 heteroatoms. The van der Waals surface area contributed by atoms with Crippen LogP contribution in [0.15, 0.2) is 42.5 Å². The highest BCUT2D eigenvalue weighted by molar-refractivity contribution is 5.63. The lowest BCUT2D eigenvalue weighted by molar-refractivity contribution is 0.625. The Balaban J connectivity index is 2.29. The summed E-state index contributed by atoms with van der Waals surface area (Å²) in [6, 6.07) is 10.3. The molecular weight excluding hydrogens is 222 g/mol. The molecule has 0 atom stereocenters. The lowest BCUT2D eigenvalue weighted by Crippen LogP contribution is -2.02. The molecule has 0 saturated heterocycles. The Morgan fingerprint density at radius 3 is 2.47 bits per heavy atom. The predicted octanol–water partition coefficient (Wildman–Crippen LogP) is 3.17. The molecule has 0 fully saturated rings. The lowest BCUT2D eigenvalue weighted by Gasteiger charge is -2.11. The van der Waals surface area contributed by atoms with Gasteiger partial charge in [-0.05, 0) is 42.0 Å². The standard InChI is InChI=1S/C13H12F2N2/c14-10-2-1-3-12(7-10)17-13-5-4-11(15)6-9(13)8-16/h1-7,17H,8,16H2. The van der Waals surface area contributed by atoms with Crippen LogP contribution in [0.5, 0.6) is 0 Å². The van der Waals surface area contributed by atoms with Crippen LogP contribution in [0.4, 0.5) is 20.2 Å². The van der Waals surface area contributed by atoms with Gasteiger partial charge in [-0.1, -0.05) is 6.07 Å². The lowest BCUT2D eigenvalue weighted by atomic mass is 10.1. The van der Waals surface area contributed by atoms with Crippen molar-refractivity contribution in [3.63, 3.8) is 0 Å². The fourth-order valence-corrected chi connectivity index (χ4v) is 1.57. The number of hydrogen-bond acceptors (Lipinski definition) is 2. The molecule has 2 aromatic carbocycles. The Labute approximate surface area is 98.1 Å². The molecule has 2 rings (SSSR count). The SMILES string of the molecule is NCc1cc(F)ccc1Nc1cccc(F)c1. The van der Waals surface area contributed by atoms with Gasteiger partial charge in [-0.3, -0.25) is 0 Å². The molecule has 0 amide bonds. The van der Waals surface area contributed by atoms with Crippen LogP contribution in [0, 0.1) is 11.6 Å². The third-order valence-electron chi connectivity index (χ3n) is 2.39. The smallest absolute Gasteiger partial charge is 0.125 e. The predicted molar refractivity (Wildman–Crippen MR) is 64.0 cm³/mol. The summed E-state index contributed by atoms with van der Waals surface area (Å²) in [6.45, 7) is 0.218. The van der Waals surface area contributed by atoms with E-state index in [-0.39, 0.29) is 18.2 Å². The van der Waals surface area contributed by atoms with E-state index >= 15 is 0 Å². The Hall–Kier alpha value is -1.94. The maximum absolute atomic E-state index is 13.0. The molecule has 0 aromatic heterocycles. The van der Waals surface area contributed by atoms with E-state index in [0.717, 1.165) is 0 Å². The van der Waals surface area contributed by atoms with Gasteiger partial charge in [-0.2, -0.15) is 0 Å². The van der Waals surface area contributed by atoms with E-state index in [4.69, 9.17) is 5.73 Å². The van der Waals surface area contributed by atoms with E-state index in [1.165, 1.54) is 24.3 Å². The third-order valence-corrected chi connectivity index (χ3v) is 2.39. The van der Waals surface area contributed by atoms with Crippen LogP contribution in [0.3, 0.4) is 0 Å². The van der Waals surface area contributed by atoms with Crippen LogP contribution in [0.25, 0.3) is 0 Å². The second-order valence-corrected chi connectivity index (χ2v) is 3.64. The number of hydrogen-bond donors (Lipinski definition) is 2. The summed E-state index contributed by atoms with van der Waals surface area (Å²) in [7, 11) is 0. The average Bonchev–Trinajstić information content (AvgIpc) is 2.31. The molecule has 2 aromatic rings. The summed E-state index contributed by atoms with van der Waals surface area (Å²) < 4.78 is 26.0. The summed E-state index contributed by atoms with van der Waals surface area (Å²) in [4.78, 5) is 0. The largest absolute Gasteiger partial charge is 0.355 e. The number of anilines is 2. The zero-order chi connectivity index (χ0) is 12.3. The molecule has 0 aliphatic rings. The Morgan fingerprint density at radius 1 is 1.00 bits per heavy atom. The van der Waals surface area contributed by atoms with Crippen LogP contribution < -0.4 is 11.1 Å². The van der Waals surface area contributed by atoms with Crippen LogP contribution in [0.2, 0.25) is 0 Å². The minimum absolute atomic E-state index is 0.218. The van der Waals surface area contributed by atoms with Gasteiger partial charge >= 0.3 is 0 Å². The molecule has 0 bridgehead atoms. The van der Waals surface area contributed by atoms with E-state index in [1.807, 2.05) is 0 Å². The summed E-state index contributed by atoms with van der Waals surface area (Å²) in [5.74, 6) is -0.665. The first-order valence-electron chi connectivity index (χ1n) is 5.20. The summed E-state index contributed by atoms with van der Waals surface area (Å²) in [5.41, 5.74) is 7.45. The molecule has 0 spiro atoms. The molecule has 0 aliphatic heterocycles. The first-order valence-corrected chi connectivity index (χ1v) is 5.20. The fourth-order valence-electron chi connectivity index (χ4n) is 1.57. The maximum atomic E-state index is 13.0. The molecule has 0 aliphatic carbocycles. The van der Waals surface area contributed by atoms with Gasteiger partial charge in [0.05, 0.1) is 0 Å². The van der Waals surface area contributed by atoms with Crippen LogP contribution >= 0.6 is 0 Å². The number of nitrogens with two attached hydrogens (primary N) is 1. The number of nitrogens with one attached hydrogen (secondary N) is 1. The van der Waals surface area contributed by atoms with Gasteiger partial charge in [0.2, 0.25) is 0 Å². The summed E-state index contributed by atoms with van der Waals surface area (Å²) >= 11 is 0. The van der Waals surface area contributed by atoms with Crippen LogP contribution in [0.1, 0.15) is 5.56 Å². The van der Waals surface area contributed by atoms with E-state index in [1.54, 1.807) is 18.2 Å². The molecule has 2 nitrogen and oxygen atoms in total. The monoisotopic (exact) mass is 234 g/mol.